The molecule has 0 bridgehead atoms. The number of para-hydroxylation sites is 1. The highest BCUT2D eigenvalue weighted by Gasteiger charge is 2.20. The zero-order valence-corrected chi connectivity index (χ0v) is 19.5. The number of aromatic nitrogens is 3. The molecule has 0 aliphatic heterocycles. The summed E-state index contributed by atoms with van der Waals surface area (Å²) >= 11 is 10.4. The van der Waals surface area contributed by atoms with Crippen LogP contribution in [0.25, 0.3) is 17.1 Å². The number of benzene rings is 3. The summed E-state index contributed by atoms with van der Waals surface area (Å²) in [6.07, 6.45) is 0. The van der Waals surface area contributed by atoms with Crippen LogP contribution >= 0.6 is 39.3 Å². The van der Waals surface area contributed by atoms with Crippen LogP contribution in [0.3, 0.4) is 0 Å². The number of carbonyl (C=O) groups excluding carboxylic acids is 1. The Morgan fingerprint density at radius 1 is 1.03 bits per heavy atom. The highest BCUT2D eigenvalue weighted by Crippen LogP contribution is 2.35. The van der Waals surface area contributed by atoms with Crippen molar-refractivity contribution in [2.75, 3.05) is 11.1 Å². The molecule has 0 fully saturated rings. The maximum atomic E-state index is 12.5. The quantitative estimate of drug-likeness (QED) is 0.225. The first-order valence-electron chi connectivity index (χ1n) is 9.33. The van der Waals surface area contributed by atoms with Gasteiger partial charge < -0.3 is 15.5 Å². The SMILES string of the molecule is O=C(CSc1nnc(-c2cc(Br)ccc2O)n1-c1ccccc1)Nc1ccc(Cl)cc1O. The molecule has 3 aromatic carbocycles. The van der Waals surface area contributed by atoms with E-state index in [4.69, 9.17) is 11.6 Å². The molecule has 32 heavy (non-hydrogen) atoms. The van der Waals surface area contributed by atoms with Gasteiger partial charge in [0.15, 0.2) is 11.0 Å². The first kappa shape index (κ1) is 22.2. The average molecular weight is 532 g/mol. The van der Waals surface area contributed by atoms with E-state index in [1.54, 1.807) is 28.8 Å². The Bertz CT molecular complexity index is 1280. The summed E-state index contributed by atoms with van der Waals surface area (Å²) in [6, 6.07) is 18.9. The third kappa shape index (κ3) is 4.90. The number of nitrogens with one attached hydrogen (secondary N) is 1. The second kappa shape index (κ2) is 9.64. The van der Waals surface area contributed by atoms with Gasteiger partial charge in [0.25, 0.3) is 0 Å². The lowest BCUT2D eigenvalue weighted by atomic mass is 10.2. The molecule has 1 amide bonds. The number of amides is 1. The minimum absolute atomic E-state index is 0.0253. The number of hydrogen-bond acceptors (Lipinski definition) is 6. The fourth-order valence-corrected chi connectivity index (χ4v) is 4.24. The van der Waals surface area contributed by atoms with Crippen molar-refractivity contribution >= 4 is 50.9 Å². The summed E-state index contributed by atoms with van der Waals surface area (Å²) in [6.45, 7) is 0. The Morgan fingerprint density at radius 3 is 2.56 bits per heavy atom. The predicted octanol–water partition coefficient (Wildman–Crippen LogP) is 5.49. The lowest BCUT2D eigenvalue weighted by Gasteiger charge is -2.12. The second-order valence-electron chi connectivity index (χ2n) is 6.64. The molecule has 0 spiro atoms. The summed E-state index contributed by atoms with van der Waals surface area (Å²) in [4.78, 5) is 12.5. The Kier molecular flexibility index (Phi) is 6.69. The van der Waals surface area contributed by atoms with Crippen LogP contribution in [0, 0.1) is 0 Å². The molecular formula is C22H16BrClN4O3S. The van der Waals surface area contributed by atoms with Gasteiger partial charge in [-0.15, -0.1) is 10.2 Å². The Morgan fingerprint density at radius 2 is 1.81 bits per heavy atom. The number of nitrogens with zero attached hydrogens (tertiary/aromatic N) is 3. The first-order chi connectivity index (χ1) is 15.4. The smallest absolute Gasteiger partial charge is 0.234 e. The Labute approximate surface area is 201 Å². The summed E-state index contributed by atoms with van der Waals surface area (Å²) in [5, 5.41) is 32.3. The molecular weight excluding hydrogens is 516 g/mol. The summed E-state index contributed by atoms with van der Waals surface area (Å²) in [7, 11) is 0. The van der Waals surface area contributed by atoms with Crippen LogP contribution in [0.15, 0.2) is 76.4 Å². The molecule has 0 unspecified atom stereocenters. The van der Waals surface area contributed by atoms with Gasteiger partial charge in [-0.3, -0.25) is 9.36 Å². The Hall–Kier alpha value is -3.01. The van der Waals surface area contributed by atoms with E-state index < -0.39 is 0 Å². The zero-order chi connectivity index (χ0) is 22.7. The molecule has 162 valence electrons. The highest BCUT2D eigenvalue weighted by atomic mass is 79.9. The lowest BCUT2D eigenvalue weighted by molar-refractivity contribution is -0.113. The van der Waals surface area contributed by atoms with Gasteiger partial charge in [0.05, 0.1) is 17.0 Å². The van der Waals surface area contributed by atoms with Crippen molar-refractivity contribution in [1.82, 2.24) is 14.8 Å². The van der Waals surface area contributed by atoms with Gasteiger partial charge >= 0.3 is 0 Å². The van der Waals surface area contributed by atoms with Crippen LogP contribution in [0.4, 0.5) is 5.69 Å². The molecule has 4 rings (SSSR count). The number of halogens is 2. The highest BCUT2D eigenvalue weighted by molar-refractivity contribution is 9.10. The number of phenolic OH excluding ortho intramolecular Hbond substituents is 2. The molecule has 4 aromatic rings. The van der Waals surface area contributed by atoms with Gasteiger partial charge in [-0.05, 0) is 42.5 Å². The number of aromatic hydroxyl groups is 2. The standard InChI is InChI=1S/C22H16BrClN4O3S/c23-13-6-9-18(29)16(10-13)21-26-27-22(28(21)15-4-2-1-3-5-15)32-12-20(31)25-17-8-7-14(24)11-19(17)30/h1-11,29-30H,12H2,(H,25,31). The molecule has 1 heterocycles. The lowest BCUT2D eigenvalue weighted by Crippen LogP contribution is -2.14. The zero-order valence-electron chi connectivity index (χ0n) is 16.4. The van der Waals surface area contributed by atoms with E-state index in [2.05, 4.69) is 31.4 Å². The van der Waals surface area contributed by atoms with Gasteiger partial charge in [-0.25, -0.2) is 0 Å². The topological polar surface area (TPSA) is 100 Å². The molecule has 0 saturated carbocycles. The minimum Gasteiger partial charge on any atom is -0.507 e. The van der Waals surface area contributed by atoms with Gasteiger partial charge in [-0.1, -0.05) is 57.5 Å². The van der Waals surface area contributed by atoms with E-state index in [0.717, 1.165) is 10.2 Å². The van der Waals surface area contributed by atoms with E-state index >= 15 is 0 Å². The summed E-state index contributed by atoms with van der Waals surface area (Å²) in [5.74, 6) is 0.0775. The van der Waals surface area contributed by atoms with Crippen molar-refractivity contribution in [2.45, 2.75) is 5.16 Å². The maximum absolute atomic E-state index is 12.5. The largest absolute Gasteiger partial charge is 0.507 e. The van der Waals surface area contributed by atoms with E-state index in [0.29, 0.717) is 21.6 Å². The number of thioether (sulfide) groups is 1. The fourth-order valence-electron chi connectivity index (χ4n) is 2.96. The fraction of sp³-hybridized carbons (Fsp3) is 0.0455. The predicted molar refractivity (Wildman–Crippen MR) is 129 cm³/mol. The minimum atomic E-state index is -0.331. The monoisotopic (exact) mass is 530 g/mol. The molecule has 3 N–H and O–H groups in total. The van der Waals surface area contributed by atoms with Crippen molar-refractivity contribution in [2.24, 2.45) is 0 Å². The molecule has 0 radical (unpaired) electrons. The van der Waals surface area contributed by atoms with Crippen molar-refractivity contribution in [1.29, 1.82) is 0 Å². The van der Waals surface area contributed by atoms with Gasteiger partial charge in [0.1, 0.15) is 11.5 Å². The van der Waals surface area contributed by atoms with Crippen molar-refractivity contribution in [3.8, 4) is 28.6 Å². The number of hydrogen-bond donors (Lipinski definition) is 3. The normalized spacial score (nSPS) is 10.8. The second-order valence-corrected chi connectivity index (χ2v) is 8.93. The van der Waals surface area contributed by atoms with Crippen LogP contribution in [0.2, 0.25) is 5.02 Å². The van der Waals surface area contributed by atoms with E-state index in [-0.39, 0.29) is 28.8 Å². The summed E-state index contributed by atoms with van der Waals surface area (Å²) < 4.78 is 2.56. The number of rotatable bonds is 6. The molecule has 7 nitrogen and oxygen atoms in total. The number of carbonyl (C=O) groups is 1. The van der Waals surface area contributed by atoms with Crippen molar-refractivity contribution < 1.29 is 15.0 Å². The van der Waals surface area contributed by atoms with E-state index in [9.17, 15) is 15.0 Å². The number of phenols is 2. The van der Waals surface area contributed by atoms with E-state index in [1.165, 1.54) is 23.9 Å². The third-order valence-electron chi connectivity index (χ3n) is 4.41. The molecule has 0 saturated heterocycles. The van der Waals surface area contributed by atoms with Gasteiger partial charge in [-0.2, -0.15) is 0 Å². The van der Waals surface area contributed by atoms with Crippen molar-refractivity contribution in [3.05, 3.63) is 76.2 Å². The summed E-state index contributed by atoms with van der Waals surface area (Å²) in [5.41, 5.74) is 1.55. The first-order valence-corrected chi connectivity index (χ1v) is 11.5. The molecule has 0 atom stereocenters. The van der Waals surface area contributed by atoms with Crippen LogP contribution in [0.5, 0.6) is 11.5 Å². The van der Waals surface area contributed by atoms with Gasteiger partial charge in [0, 0.05) is 21.2 Å². The van der Waals surface area contributed by atoms with Crippen LogP contribution < -0.4 is 5.32 Å². The molecule has 0 aliphatic rings. The van der Waals surface area contributed by atoms with Crippen molar-refractivity contribution in [3.63, 3.8) is 0 Å². The van der Waals surface area contributed by atoms with Crippen LogP contribution in [-0.4, -0.2) is 36.6 Å². The van der Waals surface area contributed by atoms with Gasteiger partial charge in [0.2, 0.25) is 5.91 Å². The maximum Gasteiger partial charge on any atom is 0.234 e. The third-order valence-corrected chi connectivity index (χ3v) is 6.07. The molecule has 1 aromatic heterocycles. The molecule has 10 heteroatoms. The molecule has 0 aliphatic carbocycles. The Balaban J connectivity index is 1.62. The van der Waals surface area contributed by atoms with Crippen LogP contribution in [-0.2, 0) is 4.79 Å². The average Bonchev–Trinajstić information content (AvgIpc) is 3.20. The van der Waals surface area contributed by atoms with E-state index in [1.807, 2.05) is 30.3 Å². The number of anilines is 1. The van der Waals surface area contributed by atoms with Crippen LogP contribution in [0.1, 0.15) is 0 Å².